The van der Waals surface area contributed by atoms with Gasteiger partial charge in [0, 0.05) is 23.3 Å². The van der Waals surface area contributed by atoms with Gasteiger partial charge in [-0.1, -0.05) is 56.3 Å². The molecule has 1 atom stereocenters. The molecule has 1 unspecified atom stereocenters. The minimum Gasteiger partial charge on any atom is -0.497 e. The van der Waals surface area contributed by atoms with Crippen LogP contribution in [0.5, 0.6) is 5.75 Å². The first-order chi connectivity index (χ1) is 14.5. The summed E-state index contributed by atoms with van der Waals surface area (Å²) in [6, 6.07) is 17.9. The van der Waals surface area contributed by atoms with Crippen LogP contribution in [0, 0.1) is 5.41 Å². The third-order valence-electron chi connectivity index (χ3n) is 6.02. The van der Waals surface area contributed by atoms with Gasteiger partial charge in [0.05, 0.1) is 13.3 Å². The monoisotopic (exact) mass is 399 g/mol. The number of allylic oxidation sites excluding steroid dienone is 2. The Kier molecular flexibility index (Phi) is 4.28. The van der Waals surface area contributed by atoms with E-state index in [-0.39, 0.29) is 17.2 Å². The Morgan fingerprint density at radius 2 is 1.80 bits per heavy atom. The molecular formula is C25H25N3O2. The van der Waals surface area contributed by atoms with Crippen LogP contribution in [-0.2, 0) is 4.79 Å². The van der Waals surface area contributed by atoms with Gasteiger partial charge in [-0.25, -0.2) is 4.68 Å². The number of nitrogens with one attached hydrogen (secondary N) is 1. The number of fused-ring (bicyclic) bond motifs is 1. The Bertz CT molecular complexity index is 1140. The van der Waals surface area contributed by atoms with E-state index in [0.29, 0.717) is 6.42 Å². The third kappa shape index (κ3) is 3.02. The second kappa shape index (κ2) is 6.87. The summed E-state index contributed by atoms with van der Waals surface area (Å²) in [7, 11) is 1.66. The van der Waals surface area contributed by atoms with Crippen LogP contribution in [0.3, 0.4) is 0 Å². The zero-order valence-corrected chi connectivity index (χ0v) is 17.5. The van der Waals surface area contributed by atoms with Crippen molar-refractivity contribution in [1.29, 1.82) is 0 Å². The fourth-order valence-corrected chi connectivity index (χ4v) is 4.63. The summed E-state index contributed by atoms with van der Waals surface area (Å²) in [6.45, 7) is 4.31. The van der Waals surface area contributed by atoms with E-state index in [0.717, 1.165) is 45.9 Å². The number of methoxy groups -OCH3 is 1. The number of ketones is 1. The van der Waals surface area contributed by atoms with Crippen LogP contribution in [0.15, 0.2) is 72.1 Å². The minimum atomic E-state index is -0.247. The summed E-state index contributed by atoms with van der Waals surface area (Å²) in [6.07, 6.45) is 3.27. The lowest BCUT2D eigenvalue weighted by Crippen LogP contribution is -2.36. The Balaban J connectivity index is 1.69. The fourth-order valence-electron chi connectivity index (χ4n) is 4.63. The largest absolute Gasteiger partial charge is 0.497 e. The molecule has 3 aromatic rings. The highest BCUT2D eigenvalue weighted by Gasteiger charge is 2.41. The first-order valence-electron chi connectivity index (χ1n) is 10.3. The molecule has 30 heavy (non-hydrogen) atoms. The van der Waals surface area contributed by atoms with Crippen molar-refractivity contribution < 1.29 is 9.53 Å². The predicted molar refractivity (Wildman–Crippen MR) is 117 cm³/mol. The summed E-state index contributed by atoms with van der Waals surface area (Å²) in [5.74, 6) is 1.92. The second-order valence-corrected chi connectivity index (χ2v) is 8.85. The van der Waals surface area contributed by atoms with Gasteiger partial charge in [-0.05, 0) is 35.1 Å². The van der Waals surface area contributed by atoms with Crippen LogP contribution in [0.2, 0.25) is 0 Å². The Morgan fingerprint density at radius 3 is 2.50 bits per heavy atom. The van der Waals surface area contributed by atoms with E-state index in [1.54, 1.807) is 7.11 Å². The number of carbonyl (C=O) groups excluding carboxylic acids is 1. The number of ether oxygens (including phenoxy) is 1. The van der Waals surface area contributed by atoms with Gasteiger partial charge in [-0.2, -0.15) is 5.10 Å². The van der Waals surface area contributed by atoms with Gasteiger partial charge >= 0.3 is 0 Å². The van der Waals surface area contributed by atoms with Crippen molar-refractivity contribution in [3.05, 3.63) is 77.6 Å². The summed E-state index contributed by atoms with van der Waals surface area (Å²) in [5.41, 5.74) is 4.95. The quantitative estimate of drug-likeness (QED) is 0.656. The lowest BCUT2D eigenvalue weighted by molar-refractivity contribution is -0.118. The molecule has 0 amide bonds. The molecule has 1 aromatic heterocycles. The summed E-state index contributed by atoms with van der Waals surface area (Å²) in [5, 5.41) is 8.32. The van der Waals surface area contributed by atoms with Crippen LogP contribution in [-0.4, -0.2) is 22.7 Å². The average molecular weight is 399 g/mol. The SMILES string of the molecule is COc1ccc(C2C3=C(CC(C)(C)CC3=O)Nc3c(-c4ccccc4)cnn32)cc1. The van der Waals surface area contributed by atoms with Crippen molar-refractivity contribution in [2.45, 2.75) is 32.7 Å². The second-order valence-electron chi connectivity index (χ2n) is 8.85. The van der Waals surface area contributed by atoms with Crippen molar-refractivity contribution in [2.75, 3.05) is 12.4 Å². The fraction of sp³-hybridized carbons (Fsp3) is 0.280. The first-order valence-corrected chi connectivity index (χ1v) is 10.3. The first kappa shape index (κ1) is 18.7. The number of Topliss-reactive ketones (excluding diaryl/α,β-unsaturated/α-hetero) is 1. The normalized spacial score (nSPS) is 19.7. The van der Waals surface area contributed by atoms with Gasteiger partial charge in [0.2, 0.25) is 0 Å². The van der Waals surface area contributed by atoms with Gasteiger partial charge in [0.25, 0.3) is 0 Å². The molecule has 0 fully saturated rings. The van der Waals surface area contributed by atoms with Crippen molar-refractivity contribution in [3.63, 3.8) is 0 Å². The number of rotatable bonds is 3. The topological polar surface area (TPSA) is 56.1 Å². The molecule has 152 valence electrons. The third-order valence-corrected chi connectivity index (χ3v) is 6.02. The Labute approximate surface area is 176 Å². The molecule has 2 heterocycles. The highest BCUT2D eigenvalue weighted by Crippen LogP contribution is 2.47. The van der Waals surface area contributed by atoms with E-state index < -0.39 is 0 Å². The smallest absolute Gasteiger partial charge is 0.163 e. The molecule has 0 radical (unpaired) electrons. The van der Waals surface area contributed by atoms with Gasteiger partial charge in [0.15, 0.2) is 5.78 Å². The number of carbonyl (C=O) groups is 1. The van der Waals surface area contributed by atoms with Crippen LogP contribution in [0.1, 0.15) is 38.3 Å². The van der Waals surface area contributed by atoms with Gasteiger partial charge < -0.3 is 10.1 Å². The lowest BCUT2D eigenvalue weighted by Gasteiger charge is -2.39. The van der Waals surface area contributed by atoms with Gasteiger partial charge in [-0.15, -0.1) is 0 Å². The number of hydrogen-bond donors (Lipinski definition) is 1. The van der Waals surface area contributed by atoms with Crippen LogP contribution < -0.4 is 10.1 Å². The number of hydrogen-bond acceptors (Lipinski definition) is 4. The Morgan fingerprint density at radius 1 is 1.07 bits per heavy atom. The van der Waals surface area contributed by atoms with Crippen LogP contribution in [0.25, 0.3) is 11.1 Å². The van der Waals surface area contributed by atoms with E-state index in [4.69, 9.17) is 9.84 Å². The highest BCUT2D eigenvalue weighted by molar-refractivity contribution is 6.00. The molecule has 1 aliphatic heterocycles. The maximum absolute atomic E-state index is 13.3. The maximum atomic E-state index is 13.3. The zero-order valence-electron chi connectivity index (χ0n) is 17.5. The van der Waals surface area contributed by atoms with Crippen molar-refractivity contribution in [1.82, 2.24) is 9.78 Å². The number of nitrogens with zero attached hydrogens (tertiary/aromatic N) is 2. The molecule has 5 rings (SSSR count). The molecule has 1 aliphatic carbocycles. The van der Waals surface area contributed by atoms with E-state index >= 15 is 0 Å². The molecule has 5 heteroatoms. The van der Waals surface area contributed by atoms with Crippen molar-refractivity contribution in [3.8, 4) is 16.9 Å². The number of aromatic nitrogens is 2. The number of benzene rings is 2. The van der Waals surface area contributed by atoms with E-state index in [9.17, 15) is 4.79 Å². The lowest BCUT2D eigenvalue weighted by atomic mass is 9.73. The van der Waals surface area contributed by atoms with E-state index in [1.807, 2.05) is 53.3 Å². The van der Waals surface area contributed by atoms with Crippen LogP contribution >= 0.6 is 0 Å². The van der Waals surface area contributed by atoms with Crippen molar-refractivity contribution >= 4 is 11.6 Å². The molecule has 0 bridgehead atoms. The predicted octanol–water partition coefficient (Wildman–Crippen LogP) is 5.22. The van der Waals surface area contributed by atoms with Gasteiger partial charge in [0.1, 0.15) is 17.6 Å². The Hall–Kier alpha value is -3.34. The summed E-state index contributed by atoms with van der Waals surface area (Å²) in [4.78, 5) is 13.3. The standard InChI is InChI=1S/C25H25N3O2/c1-25(2)13-20-22(21(29)14-25)23(17-9-11-18(30-3)12-10-17)28-24(27-20)19(15-26-28)16-7-5-4-6-8-16/h4-12,15,23,27H,13-14H2,1-3H3. The number of anilines is 1. The summed E-state index contributed by atoms with van der Waals surface area (Å²) < 4.78 is 7.29. The van der Waals surface area contributed by atoms with Crippen molar-refractivity contribution in [2.24, 2.45) is 5.41 Å². The van der Waals surface area contributed by atoms with E-state index in [2.05, 4.69) is 31.3 Å². The van der Waals surface area contributed by atoms with Gasteiger partial charge in [-0.3, -0.25) is 4.79 Å². The zero-order chi connectivity index (χ0) is 20.9. The van der Waals surface area contributed by atoms with E-state index in [1.165, 1.54) is 0 Å². The molecule has 0 spiro atoms. The molecule has 1 N–H and O–H groups in total. The molecular weight excluding hydrogens is 374 g/mol. The van der Waals surface area contributed by atoms with Crippen LogP contribution in [0.4, 0.5) is 5.82 Å². The molecule has 0 saturated carbocycles. The molecule has 2 aliphatic rings. The maximum Gasteiger partial charge on any atom is 0.163 e. The molecule has 2 aromatic carbocycles. The minimum absolute atomic E-state index is 0.0670. The molecule has 5 nitrogen and oxygen atoms in total. The average Bonchev–Trinajstić information content (AvgIpc) is 3.15. The highest BCUT2D eigenvalue weighted by atomic mass is 16.5. The molecule has 0 saturated heterocycles. The summed E-state index contributed by atoms with van der Waals surface area (Å²) >= 11 is 0.